The molecule has 0 bridgehead atoms. The van der Waals surface area contributed by atoms with Crippen molar-refractivity contribution in [1.29, 1.82) is 0 Å². The fraction of sp³-hybridized carbons (Fsp3) is 0.321. The van der Waals surface area contributed by atoms with Crippen molar-refractivity contribution in [3.63, 3.8) is 0 Å². The number of methoxy groups -OCH3 is 1. The first-order valence-electron chi connectivity index (χ1n) is 12.2. The van der Waals surface area contributed by atoms with Gasteiger partial charge in [0.25, 0.3) is 0 Å². The summed E-state index contributed by atoms with van der Waals surface area (Å²) in [6, 6.07) is 9.52. The lowest BCUT2D eigenvalue weighted by Crippen LogP contribution is -2.62. The molecule has 0 saturated heterocycles. The smallest absolute Gasteiger partial charge is 0.427 e. The molecule has 0 unspecified atom stereocenters. The summed E-state index contributed by atoms with van der Waals surface area (Å²) in [6.07, 6.45) is -2.30. The van der Waals surface area contributed by atoms with Crippen molar-refractivity contribution >= 4 is 17.7 Å². The van der Waals surface area contributed by atoms with E-state index in [9.17, 15) is 18.0 Å². The van der Waals surface area contributed by atoms with Crippen LogP contribution in [0.3, 0.4) is 0 Å². The molecular formula is C28H25F4N5O2. The van der Waals surface area contributed by atoms with Crippen molar-refractivity contribution in [1.82, 2.24) is 14.9 Å². The van der Waals surface area contributed by atoms with E-state index in [1.54, 1.807) is 24.3 Å². The number of amides is 2. The molecule has 1 saturated carbocycles. The molecule has 3 aromatic rings. The third-order valence-corrected chi connectivity index (χ3v) is 6.91. The van der Waals surface area contributed by atoms with E-state index in [0.29, 0.717) is 34.7 Å². The van der Waals surface area contributed by atoms with Crippen LogP contribution in [-0.4, -0.2) is 41.2 Å². The van der Waals surface area contributed by atoms with Gasteiger partial charge in [0.05, 0.1) is 25.0 Å². The predicted octanol–water partition coefficient (Wildman–Crippen LogP) is 5.04. The largest absolute Gasteiger partial charge is 0.497 e. The highest BCUT2D eigenvalue weighted by molar-refractivity contribution is 5.97. The maximum atomic E-state index is 15.5. The number of fused-ring (bicyclic) bond motifs is 1. The number of nitrogen functional groups attached to an aromatic ring is 1. The fourth-order valence-corrected chi connectivity index (χ4v) is 4.63. The van der Waals surface area contributed by atoms with E-state index < -0.39 is 29.1 Å². The third-order valence-electron chi connectivity index (χ3n) is 6.91. The lowest BCUT2D eigenvalue weighted by atomic mass is 9.83. The minimum absolute atomic E-state index is 0.0183. The normalized spacial score (nSPS) is 18.9. The highest BCUT2D eigenvalue weighted by Gasteiger charge is 2.64. The van der Waals surface area contributed by atoms with Crippen molar-refractivity contribution in [2.24, 2.45) is 5.92 Å². The molecule has 2 amide bonds. The van der Waals surface area contributed by atoms with Crippen molar-refractivity contribution in [2.45, 2.75) is 37.5 Å². The van der Waals surface area contributed by atoms with E-state index >= 15 is 4.39 Å². The number of ether oxygens (including phenoxy) is 1. The molecule has 5 rings (SSSR count). The van der Waals surface area contributed by atoms with E-state index in [0.717, 1.165) is 13.1 Å². The second kappa shape index (κ2) is 9.76. The Morgan fingerprint density at radius 1 is 1.18 bits per heavy atom. The zero-order valence-electron chi connectivity index (χ0n) is 21.2. The molecule has 1 atom stereocenters. The van der Waals surface area contributed by atoms with Gasteiger partial charge in [-0.15, -0.1) is 0 Å². The number of hydrogen-bond donors (Lipinski definition) is 1. The number of benzene rings is 2. The van der Waals surface area contributed by atoms with Crippen LogP contribution in [0, 0.1) is 23.6 Å². The molecule has 39 heavy (non-hydrogen) atoms. The zero-order valence-corrected chi connectivity index (χ0v) is 21.2. The molecule has 1 aromatic heterocycles. The van der Waals surface area contributed by atoms with E-state index in [2.05, 4.69) is 21.8 Å². The van der Waals surface area contributed by atoms with Gasteiger partial charge in [-0.25, -0.2) is 19.2 Å². The predicted molar refractivity (Wildman–Crippen MR) is 136 cm³/mol. The van der Waals surface area contributed by atoms with Crippen molar-refractivity contribution < 1.29 is 27.1 Å². The summed E-state index contributed by atoms with van der Waals surface area (Å²) in [5, 5.41) is 0. The van der Waals surface area contributed by atoms with Crippen LogP contribution in [0.5, 0.6) is 5.75 Å². The number of anilines is 2. The van der Waals surface area contributed by atoms with Gasteiger partial charge in [-0.05, 0) is 54.3 Å². The van der Waals surface area contributed by atoms with Gasteiger partial charge in [-0.1, -0.05) is 24.0 Å². The second-order valence-corrected chi connectivity index (χ2v) is 9.57. The first kappa shape index (κ1) is 26.3. The first-order valence-corrected chi connectivity index (χ1v) is 12.2. The van der Waals surface area contributed by atoms with Crippen LogP contribution in [-0.2, 0) is 18.5 Å². The summed E-state index contributed by atoms with van der Waals surface area (Å²) in [6.45, 7) is -0.0598. The van der Waals surface area contributed by atoms with Crippen LogP contribution in [0.15, 0.2) is 48.7 Å². The van der Waals surface area contributed by atoms with Gasteiger partial charge >= 0.3 is 12.2 Å². The maximum Gasteiger partial charge on any atom is 0.427 e. The number of urea groups is 1. The maximum absolute atomic E-state index is 15.5. The van der Waals surface area contributed by atoms with Crippen LogP contribution in [0.25, 0.3) is 0 Å². The number of halogens is 4. The highest BCUT2D eigenvalue weighted by atomic mass is 19.4. The summed E-state index contributed by atoms with van der Waals surface area (Å²) in [4.78, 5) is 23.3. The van der Waals surface area contributed by atoms with Gasteiger partial charge in [0.15, 0.2) is 0 Å². The molecule has 2 heterocycles. The third kappa shape index (κ3) is 4.82. The molecule has 1 aliphatic heterocycles. The minimum atomic E-state index is -5.00. The molecule has 0 radical (unpaired) electrons. The summed E-state index contributed by atoms with van der Waals surface area (Å²) in [5.74, 6) is 4.54. The van der Waals surface area contributed by atoms with Gasteiger partial charge in [0.2, 0.25) is 11.5 Å². The van der Waals surface area contributed by atoms with Gasteiger partial charge in [-0.2, -0.15) is 13.2 Å². The number of aromatic nitrogens is 2. The summed E-state index contributed by atoms with van der Waals surface area (Å²) < 4.78 is 65.6. The van der Waals surface area contributed by atoms with Gasteiger partial charge in [-0.3, -0.25) is 9.80 Å². The summed E-state index contributed by atoms with van der Waals surface area (Å²) in [5.41, 5.74) is 3.18. The summed E-state index contributed by atoms with van der Waals surface area (Å²) >= 11 is 0. The van der Waals surface area contributed by atoms with Crippen LogP contribution < -0.4 is 15.4 Å². The SMILES string of the molecule is COc1ccc(CN2C(=O)N(C)[C@](C#CC3CC3)(C(F)(F)F)c3cc(F)c(Cc4ccnc(N)n4)cc32)cc1. The first-order chi connectivity index (χ1) is 18.5. The lowest BCUT2D eigenvalue weighted by molar-refractivity contribution is -0.204. The van der Waals surface area contributed by atoms with E-state index in [1.165, 1.54) is 30.3 Å². The highest BCUT2D eigenvalue weighted by Crippen LogP contribution is 2.51. The van der Waals surface area contributed by atoms with Crippen molar-refractivity contribution in [2.75, 3.05) is 24.8 Å². The number of alkyl halides is 3. The van der Waals surface area contributed by atoms with Crippen LogP contribution in [0.1, 0.15) is 35.2 Å². The second-order valence-electron chi connectivity index (χ2n) is 9.57. The molecule has 7 nitrogen and oxygen atoms in total. The molecule has 0 spiro atoms. The van der Waals surface area contributed by atoms with Crippen molar-refractivity contribution in [3.05, 3.63) is 76.9 Å². The van der Waals surface area contributed by atoms with E-state index in [1.807, 2.05) is 0 Å². The van der Waals surface area contributed by atoms with Gasteiger partial charge in [0.1, 0.15) is 11.6 Å². The van der Waals surface area contributed by atoms with Gasteiger partial charge in [0, 0.05) is 31.1 Å². The average Bonchev–Trinajstić information content (AvgIpc) is 3.72. The van der Waals surface area contributed by atoms with Crippen molar-refractivity contribution in [3.8, 4) is 17.6 Å². The number of carbonyl (C=O) groups excluding carboxylic acids is 1. The number of nitrogens with two attached hydrogens (primary N) is 1. The molecule has 2 aromatic carbocycles. The molecule has 2 aliphatic rings. The Balaban J connectivity index is 1.69. The van der Waals surface area contributed by atoms with Crippen LogP contribution in [0.4, 0.5) is 34.0 Å². The molecule has 1 aliphatic carbocycles. The monoisotopic (exact) mass is 539 g/mol. The summed E-state index contributed by atoms with van der Waals surface area (Å²) in [7, 11) is 2.56. The quantitative estimate of drug-likeness (QED) is 0.363. The molecule has 11 heteroatoms. The Morgan fingerprint density at radius 2 is 1.90 bits per heavy atom. The molecule has 2 N–H and O–H groups in total. The average molecular weight is 540 g/mol. The Bertz CT molecular complexity index is 1480. The molecular weight excluding hydrogens is 514 g/mol. The van der Waals surface area contributed by atoms with Crippen LogP contribution in [0.2, 0.25) is 0 Å². The van der Waals surface area contributed by atoms with Crippen LogP contribution >= 0.6 is 0 Å². The minimum Gasteiger partial charge on any atom is -0.497 e. The number of carbonyl (C=O) groups is 1. The standard InChI is InChI=1S/C28H25F4N5O2/c1-36-26(38)37(16-18-5-7-21(39-2)8-6-18)24-14-19(13-20-10-12-34-25(33)35-20)23(29)15-22(24)27(36,28(30,31)32)11-9-17-3-4-17/h5-8,10,12,14-15,17H,3-4,13,16H2,1-2H3,(H2,33,34,35)/t27-/m0/s1. The van der Waals surface area contributed by atoms with E-state index in [-0.39, 0.29) is 36.1 Å². The van der Waals surface area contributed by atoms with E-state index in [4.69, 9.17) is 10.5 Å². The Morgan fingerprint density at radius 3 is 2.51 bits per heavy atom. The zero-order chi connectivity index (χ0) is 27.9. The van der Waals surface area contributed by atoms with Gasteiger partial charge < -0.3 is 10.5 Å². The topological polar surface area (TPSA) is 84.6 Å². The number of nitrogens with zero attached hydrogens (tertiary/aromatic N) is 4. The number of hydrogen-bond acceptors (Lipinski definition) is 5. The molecule has 202 valence electrons. The Hall–Kier alpha value is -4.33. The molecule has 1 fully saturated rings. The Kier molecular flexibility index (Phi) is 6.58. The Labute approximate surface area is 222 Å². The fourth-order valence-electron chi connectivity index (χ4n) is 4.63. The number of rotatable bonds is 5. The lowest BCUT2D eigenvalue weighted by Gasteiger charge is -2.47.